The first-order chi connectivity index (χ1) is 8.92. The number of benzene rings is 1. The molecule has 0 aliphatic heterocycles. The van der Waals surface area contributed by atoms with Crippen molar-refractivity contribution in [3.63, 3.8) is 0 Å². The summed E-state index contributed by atoms with van der Waals surface area (Å²) < 4.78 is 0. The van der Waals surface area contributed by atoms with Crippen LogP contribution in [0.3, 0.4) is 0 Å². The van der Waals surface area contributed by atoms with Crippen LogP contribution in [0.25, 0.3) is 0 Å². The quantitative estimate of drug-likeness (QED) is 0.794. The van der Waals surface area contributed by atoms with E-state index in [-0.39, 0.29) is 6.54 Å². The van der Waals surface area contributed by atoms with Gasteiger partial charge in [0.25, 0.3) is 0 Å². The van der Waals surface area contributed by atoms with Crippen molar-refractivity contribution in [3.05, 3.63) is 35.4 Å². The molecule has 1 unspecified atom stereocenters. The minimum Gasteiger partial charge on any atom is -0.481 e. The summed E-state index contributed by atoms with van der Waals surface area (Å²) in [7, 11) is 0. The zero-order chi connectivity index (χ0) is 14.5. The first kappa shape index (κ1) is 15.7. The van der Waals surface area contributed by atoms with Crippen LogP contribution >= 0.6 is 0 Å². The summed E-state index contributed by atoms with van der Waals surface area (Å²) in [6.07, 6.45) is 2.51. The molecule has 1 atom stereocenters. The van der Waals surface area contributed by atoms with E-state index in [0.717, 1.165) is 24.0 Å². The van der Waals surface area contributed by atoms with Gasteiger partial charge in [0.1, 0.15) is 5.41 Å². The lowest BCUT2D eigenvalue weighted by atomic mass is 9.75. The van der Waals surface area contributed by atoms with Gasteiger partial charge in [0.2, 0.25) is 0 Å². The lowest BCUT2D eigenvalue weighted by Gasteiger charge is -2.29. The van der Waals surface area contributed by atoms with Crippen LogP contribution in [0.2, 0.25) is 0 Å². The van der Waals surface area contributed by atoms with E-state index in [1.807, 2.05) is 31.2 Å². The molecular formula is C16H25NO2. The third-order valence-electron chi connectivity index (χ3n) is 3.71. The van der Waals surface area contributed by atoms with Crippen molar-refractivity contribution >= 4 is 5.97 Å². The summed E-state index contributed by atoms with van der Waals surface area (Å²) in [5.41, 5.74) is 6.78. The predicted octanol–water partition coefficient (Wildman–Crippen LogP) is 3.10. The monoisotopic (exact) mass is 263 g/mol. The van der Waals surface area contributed by atoms with Crippen molar-refractivity contribution in [1.82, 2.24) is 0 Å². The van der Waals surface area contributed by atoms with Gasteiger partial charge < -0.3 is 10.8 Å². The summed E-state index contributed by atoms with van der Waals surface area (Å²) in [5, 5.41) is 9.65. The smallest absolute Gasteiger partial charge is 0.315 e. The molecule has 0 radical (unpaired) electrons. The van der Waals surface area contributed by atoms with Crippen LogP contribution in [0.4, 0.5) is 0 Å². The van der Waals surface area contributed by atoms with Crippen molar-refractivity contribution in [2.45, 2.75) is 45.4 Å². The second kappa shape index (κ2) is 6.71. The van der Waals surface area contributed by atoms with E-state index >= 15 is 0 Å². The number of carboxylic acid groups (broad SMARTS) is 1. The summed E-state index contributed by atoms with van der Waals surface area (Å²) in [5.74, 6) is -0.230. The molecule has 1 aromatic carbocycles. The molecule has 106 valence electrons. The molecule has 0 aliphatic carbocycles. The average Bonchev–Trinajstić information content (AvgIpc) is 2.34. The van der Waals surface area contributed by atoms with Crippen molar-refractivity contribution < 1.29 is 9.90 Å². The number of rotatable bonds is 7. The first-order valence-electron chi connectivity index (χ1n) is 6.93. The van der Waals surface area contributed by atoms with Gasteiger partial charge in [-0.05, 0) is 24.8 Å². The number of carbonyl (C=O) groups is 1. The van der Waals surface area contributed by atoms with Crippen LogP contribution in [0, 0.1) is 12.8 Å². The third kappa shape index (κ3) is 3.80. The van der Waals surface area contributed by atoms with E-state index in [1.165, 1.54) is 0 Å². The highest BCUT2D eigenvalue weighted by molar-refractivity contribution is 5.81. The molecule has 0 spiro atoms. The highest BCUT2D eigenvalue weighted by Gasteiger charge is 2.38. The van der Waals surface area contributed by atoms with Gasteiger partial charge in [0.05, 0.1) is 0 Å². The van der Waals surface area contributed by atoms with E-state index in [1.54, 1.807) is 0 Å². The van der Waals surface area contributed by atoms with E-state index in [4.69, 9.17) is 5.73 Å². The lowest BCUT2D eigenvalue weighted by Crippen LogP contribution is -2.43. The number of aryl methyl sites for hydroxylation is 1. The minimum absolute atomic E-state index is 0.143. The molecule has 0 heterocycles. The Morgan fingerprint density at radius 3 is 2.58 bits per heavy atom. The first-order valence-corrected chi connectivity index (χ1v) is 6.93. The third-order valence-corrected chi connectivity index (χ3v) is 3.71. The van der Waals surface area contributed by atoms with E-state index in [0.29, 0.717) is 12.3 Å². The van der Waals surface area contributed by atoms with Gasteiger partial charge in [-0.2, -0.15) is 0 Å². The number of hydrogen-bond donors (Lipinski definition) is 2. The fourth-order valence-electron chi connectivity index (χ4n) is 2.44. The lowest BCUT2D eigenvalue weighted by molar-refractivity contribution is -0.143. The van der Waals surface area contributed by atoms with Crippen molar-refractivity contribution in [2.24, 2.45) is 11.7 Å². The molecule has 3 N–H and O–H groups in total. The maximum atomic E-state index is 11.8. The maximum absolute atomic E-state index is 11.8. The van der Waals surface area contributed by atoms with Gasteiger partial charge in [0, 0.05) is 6.54 Å². The Morgan fingerprint density at radius 2 is 2.11 bits per heavy atom. The molecule has 0 saturated heterocycles. The molecule has 0 amide bonds. The van der Waals surface area contributed by atoms with Gasteiger partial charge in [-0.3, -0.25) is 4.79 Å². The number of aliphatic carboxylic acids is 1. The predicted molar refractivity (Wildman–Crippen MR) is 78.2 cm³/mol. The summed E-state index contributed by atoms with van der Waals surface area (Å²) >= 11 is 0. The van der Waals surface area contributed by atoms with E-state index in [2.05, 4.69) is 13.8 Å². The summed E-state index contributed by atoms with van der Waals surface area (Å²) in [6.45, 7) is 6.42. The Kier molecular flexibility index (Phi) is 5.55. The second-order valence-electron chi connectivity index (χ2n) is 5.75. The molecular weight excluding hydrogens is 238 g/mol. The van der Waals surface area contributed by atoms with Crippen LogP contribution in [-0.4, -0.2) is 17.6 Å². The Labute approximate surface area is 115 Å². The van der Waals surface area contributed by atoms with Crippen LogP contribution in [0.5, 0.6) is 0 Å². The zero-order valence-electron chi connectivity index (χ0n) is 12.1. The number of nitrogens with two attached hydrogens (primary N) is 1. The molecule has 0 saturated carbocycles. The summed E-state index contributed by atoms with van der Waals surface area (Å²) in [4.78, 5) is 11.8. The highest BCUT2D eigenvalue weighted by atomic mass is 16.4. The molecule has 3 nitrogen and oxygen atoms in total. The van der Waals surface area contributed by atoms with Crippen LogP contribution < -0.4 is 5.73 Å². The molecule has 0 fully saturated rings. The fourth-order valence-corrected chi connectivity index (χ4v) is 2.44. The number of hydrogen-bond acceptors (Lipinski definition) is 2. The highest BCUT2D eigenvalue weighted by Crippen LogP contribution is 2.31. The van der Waals surface area contributed by atoms with Crippen molar-refractivity contribution in [3.8, 4) is 0 Å². The molecule has 0 aliphatic rings. The van der Waals surface area contributed by atoms with Gasteiger partial charge in [-0.1, -0.05) is 56.5 Å². The standard InChI is InChI=1S/C16H25NO2/c1-12(2)6-5-9-16(11-17,15(18)19)14-8-4-7-13(3)10-14/h4,7-8,10,12H,5-6,9,11,17H2,1-3H3,(H,18,19). The van der Waals surface area contributed by atoms with E-state index < -0.39 is 11.4 Å². The molecule has 1 aromatic rings. The largest absolute Gasteiger partial charge is 0.481 e. The van der Waals surface area contributed by atoms with Gasteiger partial charge >= 0.3 is 5.97 Å². The average molecular weight is 263 g/mol. The van der Waals surface area contributed by atoms with Crippen LogP contribution in [0.15, 0.2) is 24.3 Å². The SMILES string of the molecule is Cc1cccc(C(CN)(CCCC(C)C)C(=O)O)c1. The van der Waals surface area contributed by atoms with Gasteiger partial charge in [0.15, 0.2) is 0 Å². The Hall–Kier alpha value is -1.35. The number of carboxylic acids is 1. The Balaban J connectivity index is 3.02. The molecule has 3 heteroatoms. The topological polar surface area (TPSA) is 63.3 Å². The minimum atomic E-state index is -0.944. The zero-order valence-corrected chi connectivity index (χ0v) is 12.1. The van der Waals surface area contributed by atoms with Crippen LogP contribution in [0.1, 0.15) is 44.2 Å². The van der Waals surface area contributed by atoms with Gasteiger partial charge in [-0.15, -0.1) is 0 Å². The normalized spacial score (nSPS) is 14.4. The van der Waals surface area contributed by atoms with Crippen molar-refractivity contribution in [1.29, 1.82) is 0 Å². The second-order valence-corrected chi connectivity index (χ2v) is 5.75. The van der Waals surface area contributed by atoms with Crippen molar-refractivity contribution in [2.75, 3.05) is 6.54 Å². The molecule has 19 heavy (non-hydrogen) atoms. The molecule has 1 rings (SSSR count). The van der Waals surface area contributed by atoms with Gasteiger partial charge in [-0.25, -0.2) is 0 Å². The molecule has 0 aromatic heterocycles. The maximum Gasteiger partial charge on any atom is 0.315 e. The molecule has 0 bridgehead atoms. The fraction of sp³-hybridized carbons (Fsp3) is 0.562. The Bertz CT molecular complexity index is 429. The van der Waals surface area contributed by atoms with Crippen LogP contribution in [-0.2, 0) is 10.2 Å². The van der Waals surface area contributed by atoms with E-state index in [9.17, 15) is 9.90 Å². The Morgan fingerprint density at radius 1 is 1.42 bits per heavy atom. The summed E-state index contributed by atoms with van der Waals surface area (Å²) in [6, 6.07) is 7.70.